The minimum absolute atomic E-state index is 0.413. The molecule has 0 aliphatic carbocycles. The van der Waals surface area contributed by atoms with Gasteiger partial charge in [-0.05, 0) is 50.9 Å². The van der Waals surface area contributed by atoms with Crippen LogP contribution in [0, 0.1) is 6.92 Å². The van der Waals surface area contributed by atoms with Gasteiger partial charge in [0.15, 0.2) is 5.82 Å². The third-order valence-electron chi connectivity index (χ3n) is 4.36. The van der Waals surface area contributed by atoms with Crippen LogP contribution in [0.2, 0.25) is 0 Å². The summed E-state index contributed by atoms with van der Waals surface area (Å²) in [4.78, 5) is 4.96. The molecular weight excluding hydrogens is 238 g/mol. The van der Waals surface area contributed by atoms with Gasteiger partial charge >= 0.3 is 0 Å². The quantitative estimate of drug-likeness (QED) is 0.853. The van der Waals surface area contributed by atoms with Gasteiger partial charge in [0.1, 0.15) is 0 Å². The first-order valence-electron chi connectivity index (χ1n) is 7.26. The van der Waals surface area contributed by atoms with Gasteiger partial charge in [-0.25, -0.2) is 0 Å². The van der Waals surface area contributed by atoms with Crippen molar-refractivity contribution in [3.05, 3.63) is 17.8 Å². The Balaban J connectivity index is 1.61. The number of piperidine rings is 1. The standard InChI is InChI=1S/C14H23N5/c1-11-8-14(17-16-9-11)19-7-4-13(10-19)18-5-2-12(15)3-6-18/h8-9,12-13H,2-7,10,15H2,1H3. The van der Waals surface area contributed by atoms with Crippen molar-refractivity contribution >= 4 is 5.82 Å². The van der Waals surface area contributed by atoms with Crippen molar-refractivity contribution in [2.24, 2.45) is 5.73 Å². The van der Waals surface area contributed by atoms with Gasteiger partial charge in [-0.3, -0.25) is 4.90 Å². The second-order valence-electron chi connectivity index (χ2n) is 5.85. The van der Waals surface area contributed by atoms with Gasteiger partial charge in [-0.2, -0.15) is 5.10 Å². The minimum Gasteiger partial charge on any atom is -0.353 e. The van der Waals surface area contributed by atoms with E-state index in [0.717, 1.165) is 44.8 Å². The Kier molecular flexibility index (Phi) is 3.66. The molecule has 1 aromatic rings. The molecule has 2 aliphatic rings. The van der Waals surface area contributed by atoms with Crippen LogP contribution in [-0.2, 0) is 0 Å². The normalized spacial score (nSPS) is 26.0. The zero-order valence-corrected chi connectivity index (χ0v) is 11.6. The van der Waals surface area contributed by atoms with Crippen LogP contribution < -0.4 is 10.6 Å². The van der Waals surface area contributed by atoms with Crippen LogP contribution >= 0.6 is 0 Å². The molecule has 1 atom stereocenters. The first-order valence-corrected chi connectivity index (χ1v) is 7.26. The molecule has 0 radical (unpaired) electrons. The summed E-state index contributed by atoms with van der Waals surface area (Å²) in [6.45, 7) is 6.54. The summed E-state index contributed by atoms with van der Waals surface area (Å²) in [5.41, 5.74) is 7.15. The first-order chi connectivity index (χ1) is 9.22. The van der Waals surface area contributed by atoms with Gasteiger partial charge in [0.05, 0.1) is 6.20 Å². The predicted octanol–water partition coefficient (Wildman–Crippen LogP) is 0.787. The van der Waals surface area contributed by atoms with Gasteiger partial charge in [0.2, 0.25) is 0 Å². The average Bonchev–Trinajstić information content (AvgIpc) is 2.89. The second-order valence-corrected chi connectivity index (χ2v) is 5.85. The molecule has 5 heteroatoms. The lowest BCUT2D eigenvalue weighted by Gasteiger charge is -2.34. The predicted molar refractivity (Wildman–Crippen MR) is 76.2 cm³/mol. The van der Waals surface area contributed by atoms with Crippen LogP contribution in [0.4, 0.5) is 5.82 Å². The smallest absolute Gasteiger partial charge is 0.151 e. The van der Waals surface area contributed by atoms with E-state index in [0.29, 0.717) is 12.1 Å². The highest BCUT2D eigenvalue weighted by atomic mass is 15.3. The molecule has 19 heavy (non-hydrogen) atoms. The van der Waals surface area contributed by atoms with Gasteiger partial charge in [-0.15, -0.1) is 5.10 Å². The van der Waals surface area contributed by atoms with E-state index in [1.165, 1.54) is 12.0 Å². The largest absolute Gasteiger partial charge is 0.353 e. The maximum absolute atomic E-state index is 5.98. The van der Waals surface area contributed by atoms with E-state index in [4.69, 9.17) is 5.73 Å². The number of likely N-dealkylation sites (tertiary alicyclic amines) is 1. The Labute approximate surface area is 114 Å². The lowest BCUT2D eigenvalue weighted by atomic mass is 10.0. The second kappa shape index (κ2) is 5.43. The molecule has 0 spiro atoms. The maximum Gasteiger partial charge on any atom is 0.151 e. The molecule has 1 unspecified atom stereocenters. The number of nitrogens with zero attached hydrogens (tertiary/aromatic N) is 4. The van der Waals surface area contributed by atoms with Gasteiger partial charge < -0.3 is 10.6 Å². The summed E-state index contributed by atoms with van der Waals surface area (Å²) in [5, 5.41) is 8.31. The van der Waals surface area contributed by atoms with Crippen molar-refractivity contribution in [2.75, 3.05) is 31.1 Å². The number of anilines is 1. The average molecular weight is 261 g/mol. The fourth-order valence-electron chi connectivity index (χ4n) is 3.14. The number of hydrogen-bond donors (Lipinski definition) is 1. The number of rotatable bonds is 2. The number of aromatic nitrogens is 2. The summed E-state index contributed by atoms with van der Waals surface area (Å²) >= 11 is 0. The van der Waals surface area contributed by atoms with E-state index in [2.05, 4.69) is 33.0 Å². The van der Waals surface area contributed by atoms with Crippen LogP contribution in [-0.4, -0.2) is 53.4 Å². The molecule has 2 aliphatic heterocycles. The molecule has 104 valence electrons. The van der Waals surface area contributed by atoms with E-state index in [1.54, 1.807) is 0 Å². The number of nitrogens with two attached hydrogens (primary N) is 1. The highest BCUT2D eigenvalue weighted by Crippen LogP contribution is 2.23. The van der Waals surface area contributed by atoms with E-state index >= 15 is 0 Å². The highest BCUT2D eigenvalue weighted by molar-refractivity contribution is 5.40. The highest BCUT2D eigenvalue weighted by Gasteiger charge is 2.30. The Morgan fingerprint density at radius 2 is 2.00 bits per heavy atom. The van der Waals surface area contributed by atoms with Crippen molar-refractivity contribution < 1.29 is 0 Å². The SMILES string of the molecule is Cc1cnnc(N2CCC(N3CCC(N)CC3)C2)c1. The molecular formula is C14H23N5. The van der Waals surface area contributed by atoms with E-state index < -0.39 is 0 Å². The van der Waals surface area contributed by atoms with Crippen LogP contribution in [0.25, 0.3) is 0 Å². The summed E-state index contributed by atoms with van der Waals surface area (Å²) in [6, 6.07) is 3.20. The third-order valence-corrected chi connectivity index (χ3v) is 4.36. The fourth-order valence-corrected chi connectivity index (χ4v) is 3.14. The Morgan fingerprint density at radius 1 is 1.21 bits per heavy atom. The molecule has 5 nitrogen and oxygen atoms in total. The molecule has 2 saturated heterocycles. The monoisotopic (exact) mass is 261 g/mol. The Morgan fingerprint density at radius 3 is 2.74 bits per heavy atom. The van der Waals surface area contributed by atoms with Crippen LogP contribution in [0.1, 0.15) is 24.8 Å². The van der Waals surface area contributed by atoms with Crippen molar-refractivity contribution in [3.8, 4) is 0 Å². The number of hydrogen-bond acceptors (Lipinski definition) is 5. The molecule has 0 aromatic carbocycles. The van der Waals surface area contributed by atoms with Gasteiger partial charge in [0, 0.05) is 25.2 Å². The zero-order valence-electron chi connectivity index (χ0n) is 11.6. The third kappa shape index (κ3) is 2.87. The molecule has 0 amide bonds. The van der Waals surface area contributed by atoms with Gasteiger partial charge in [-0.1, -0.05) is 0 Å². The van der Waals surface area contributed by atoms with Crippen molar-refractivity contribution in [2.45, 2.75) is 38.3 Å². The Bertz CT molecular complexity index is 428. The van der Waals surface area contributed by atoms with E-state index in [1.807, 2.05) is 6.20 Å². The maximum atomic E-state index is 5.98. The van der Waals surface area contributed by atoms with Crippen LogP contribution in [0.3, 0.4) is 0 Å². The molecule has 0 bridgehead atoms. The van der Waals surface area contributed by atoms with Crippen molar-refractivity contribution in [1.82, 2.24) is 15.1 Å². The topological polar surface area (TPSA) is 58.3 Å². The lowest BCUT2D eigenvalue weighted by molar-refractivity contribution is 0.163. The number of aryl methyl sites for hydroxylation is 1. The molecule has 1 aromatic heterocycles. The molecule has 2 fully saturated rings. The van der Waals surface area contributed by atoms with Crippen LogP contribution in [0.5, 0.6) is 0 Å². The molecule has 3 rings (SSSR count). The fraction of sp³-hybridized carbons (Fsp3) is 0.714. The minimum atomic E-state index is 0.413. The zero-order chi connectivity index (χ0) is 13.2. The summed E-state index contributed by atoms with van der Waals surface area (Å²) in [5.74, 6) is 1.02. The summed E-state index contributed by atoms with van der Waals surface area (Å²) in [6.07, 6.45) is 5.31. The van der Waals surface area contributed by atoms with Crippen molar-refractivity contribution in [3.63, 3.8) is 0 Å². The Hall–Kier alpha value is -1.20. The summed E-state index contributed by atoms with van der Waals surface area (Å²) < 4.78 is 0. The van der Waals surface area contributed by atoms with Crippen LogP contribution in [0.15, 0.2) is 12.3 Å². The van der Waals surface area contributed by atoms with Gasteiger partial charge in [0.25, 0.3) is 0 Å². The molecule has 2 N–H and O–H groups in total. The van der Waals surface area contributed by atoms with E-state index in [-0.39, 0.29) is 0 Å². The van der Waals surface area contributed by atoms with E-state index in [9.17, 15) is 0 Å². The summed E-state index contributed by atoms with van der Waals surface area (Å²) in [7, 11) is 0. The molecule has 3 heterocycles. The molecule has 0 saturated carbocycles. The first kappa shape index (κ1) is 12.8. The lowest BCUT2D eigenvalue weighted by Crippen LogP contribution is -2.46. The van der Waals surface area contributed by atoms with Crippen molar-refractivity contribution in [1.29, 1.82) is 0 Å².